The van der Waals surface area contributed by atoms with Crippen molar-refractivity contribution in [2.45, 2.75) is 51.2 Å². The van der Waals surface area contributed by atoms with Crippen molar-refractivity contribution in [1.82, 2.24) is 0 Å². The molecule has 1 aliphatic heterocycles. The van der Waals surface area contributed by atoms with Crippen molar-refractivity contribution in [1.29, 1.82) is 0 Å². The van der Waals surface area contributed by atoms with Crippen LogP contribution in [0.3, 0.4) is 0 Å². The van der Waals surface area contributed by atoms with Gasteiger partial charge in [-0.15, -0.1) is 0 Å². The molecule has 0 radical (unpaired) electrons. The third-order valence-corrected chi connectivity index (χ3v) is 4.36. The lowest BCUT2D eigenvalue weighted by molar-refractivity contribution is -0.150. The molecule has 1 nitrogen and oxygen atoms in total. The summed E-state index contributed by atoms with van der Waals surface area (Å²) in [7, 11) is -0.985. The third-order valence-electron chi connectivity index (χ3n) is 2.10. The van der Waals surface area contributed by atoms with Crippen LogP contribution in [0.5, 0.6) is 0 Å². The van der Waals surface area contributed by atoms with Crippen LogP contribution in [-0.2, 0) is 4.74 Å². The second-order valence-corrected chi connectivity index (χ2v) is 10.3. The molecule has 1 unspecified atom stereocenters. The van der Waals surface area contributed by atoms with Crippen LogP contribution in [0, 0.1) is 0 Å². The van der Waals surface area contributed by atoms with Gasteiger partial charge in [-0.05, 0) is 20.3 Å². The third kappa shape index (κ3) is 1.61. The van der Waals surface area contributed by atoms with Gasteiger partial charge >= 0.3 is 0 Å². The Hall–Kier alpha value is 0.177. The molecule has 1 fully saturated rings. The zero-order chi connectivity index (χ0) is 7.99. The smallest absolute Gasteiger partial charge is 0.0787 e. The highest BCUT2D eigenvalue weighted by atomic mass is 28.3. The number of rotatable bonds is 1. The van der Waals surface area contributed by atoms with E-state index in [9.17, 15) is 0 Å². The molecule has 0 aromatic rings. The molecule has 0 aliphatic carbocycles. The van der Waals surface area contributed by atoms with Crippen LogP contribution in [0.15, 0.2) is 0 Å². The van der Waals surface area contributed by atoms with E-state index in [0.29, 0.717) is 5.73 Å². The summed E-state index contributed by atoms with van der Waals surface area (Å²) >= 11 is 0. The molecule has 0 spiro atoms. The average molecular weight is 158 g/mol. The minimum atomic E-state index is -0.985. The SMILES string of the molecule is CC1(C)CC([Si](C)(C)C)O1. The van der Waals surface area contributed by atoms with Crippen LogP contribution in [0.25, 0.3) is 0 Å². The van der Waals surface area contributed by atoms with E-state index in [1.807, 2.05) is 0 Å². The lowest BCUT2D eigenvalue weighted by Gasteiger charge is -2.48. The van der Waals surface area contributed by atoms with Gasteiger partial charge in [-0.2, -0.15) is 0 Å². The predicted molar refractivity (Wildman–Crippen MR) is 46.9 cm³/mol. The lowest BCUT2D eigenvalue weighted by Crippen LogP contribution is -2.57. The number of ether oxygens (including phenoxy) is 1. The molecule has 1 heterocycles. The van der Waals surface area contributed by atoms with E-state index in [4.69, 9.17) is 4.74 Å². The molecule has 1 aliphatic rings. The summed E-state index contributed by atoms with van der Waals surface area (Å²) in [6.45, 7) is 11.4. The first-order valence-electron chi connectivity index (χ1n) is 3.99. The summed E-state index contributed by atoms with van der Waals surface area (Å²) in [5.74, 6) is 0. The van der Waals surface area contributed by atoms with E-state index < -0.39 is 8.07 Å². The van der Waals surface area contributed by atoms with Gasteiger partial charge in [0.05, 0.1) is 19.4 Å². The van der Waals surface area contributed by atoms with Crippen molar-refractivity contribution in [3.63, 3.8) is 0 Å². The van der Waals surface area contributed by atoms with Crippen molar-refractivity contribution >= 4 is 8.07 Å². The first-order chi connectivity index (χ1) is 4.31. The Labute approximate surface area is 64.8 Å². The minimum Gasteiger partial charge on any atom is -0.376 e. The molecule has 1 atom stereocenters. The Morgan fingerprint density at radius 1 is 1.30 bits per heavy atom. The van der Waals surface area contributed by atoms with E-state index in [1.54, 1.807) is 0 Å². The fourth-order valence-corrected chi connectivity index (χ4v) is 3.08. The fourth-order valence-electron chi connectivity index (χ4n) is 1.30. The lowest BCUT2D eigenvalue weighted by atomic mass is 10.0. The molecule has 60 valence electrons. The average Bonchev–Trinajstić information content (AvgIpc) is 1.56. The molecular formula is C8H18OSi. The molecule has 0 bridgehead atoms. The van der Waals surface area contributed by atoms with Gasteiger partial charge in [0, 0.05) is 0 Å². The van der Waals surface area contributed by atoms with Crippen LogP contribution in [-0.4, -0.2) is 19.4 Å². The Morgan fingerprint density at radius 3 is 1.80 bits per heavy atom. The molecule has 0 saturated carbocycles. The van der Waals surface area contributed by atoms with Gasteiger partial charge in [0.2, 0.25) is 0 Å². The largest absolute Gasteiger partial charge is 0.376 e. The summed E-state index contributed by atoms with van der Waals surface area (Å²) in [5.41, 5.74) is 0.799. The molecule has 0 amide bonds. The van der Waals surface area contributed by atoms with Crippen molar-refractivity contribution in [3.8, 4) is 0 Å². The van der Waals surface area contributed by atoms with E-state index in [-0.39, 0.29) is 5.60 Å². The van der Waals surface area contributed by atoms with Gasteiger partial charge in [0.15, 0.2) is 0 Å². The number of hydrogen-bond donors (Lipinski definition) is 0. The Morgan fingerprint density at radius 2 is 1.70 bits per heavy atom. The first kappa shape index (κ1) is 8.28. The highest BCUT2D eigenvalue weighted by Gasteiger charge is 2.44. The van der Waals surface area contributed by atoms with E-state index >= 15 is 0 Å². The standard InChI is InChI=1S/C8H18OSi/c1-8(2)6-7(9-8)10(3,4)5/h7H,6H2,1-5H3. The Bertz CT molecular complexity index is 127. The summed E-state index contributed by atoms with van der Waals surface area (Å²) in [5, 5.41) is 0. The van der Waals surface area contributed by atoms with E-state index in [1.165, 1.54) is 6.42 Å². The van der Waals surface area contributed by atoms with Gasteiger partial charge in [0.1, 0.15) is 0 Å². The van der Waals surface area contributed by atoms with E-state index in [2.05, 4.69) is 33.5 Å². The topological polar surface area (TPSA) is 9.23 Å². The first-order valence-corrected chi connectivity index (χ1v) is 7.57. The quantitative estimate of drug-likeness (QED) is 0.533. The second kappa shape index (κ2) is 2.08. The maximum atomic E-state index is 5.75. The summed E-state index contributed by atoms with van der Waals surface area (Å²) in [4.78, 5) is 0. The molecular weight excluding hydrogens is 140 g/mol. The normalized spacial score (nSPS) is 31.5. The highest BCUT2D eigenvalue weighted by molar-refractivity contribution is 6.77. The van der Waals surface area contributed by atoms with Gasteiger partial charge in [0.25, 0.3) is 0 Å². The summed E-state index contributed by atoms with van der Waals surface area (Å²) in [6, 6.07) is 0. The zero-order valence-corrected chi connectivity index (χ0v) is 8.69. The fraction of sp³-hybridized carbons (Fsp3) is 1.00. The highest BCUT2D eigenvalue weighted by Crippen LogP contribution is 2.36. The Kier molecular flexibility index (Phi) is 1.72. The molecule has 0 aromatic heterocycles. The molecule has 1 saturated heterocycles. The molecule has 2 heteroatoms. The summed E-state index contributed by atoms with van der Waals surface area (Å²) < 4.78 is 5.75. The Balaban J connectivity index is 2.40. The maximum absolute atomic E-state index is 5.75. The second-order valence-electron chi connectivity index (χ2n) is 4.94. The van der Waals surface area contributed by atoms with E-state index in [0.717, 1.165) is 0 Å². The minimum absolute atomic E-state index is 0.185. The molecule has 0 aromatic carbocycles. The van der Waals surface area contributed by atoms with Crippen molar-refractivity contribution < 1.29 is 4.74 Å². The monoisotopic (exact) mass is 158 g/mol. The maximum Gasteiger partial charge on any atom is 0.0787 e. The van der Waals surface area contributed by atoms with Crippen LogP contribution in [0.4, 0.5) is 0 Å². The van der Waals surface area contributed by atoms with Gasteiger partial charge < -0.3 is 4.74 Å². The van der Waals surface area contributed by atoms with Crippen molar-refractivity contribution in [3.05, 3.63) is 0 Å². The molecule has 1 rings (SSSR count). The molecule has 0 N–H and O–H groups in total. The number of hydrogen-bond acceptors (Lipinski definition) is 1. The van der Waals surface area contributed by atoms with Gasteiger partial charge in [-0.3, -0.25) is 0 Å². The van der Waals surface area contributed by atoms with Crippen molar-refractivity contribution in [2.75, 3.05) is 0 Å². The van der Waals surface area contributed by atoms with Gasteiger partial charge in [-0.1, -0.05) is 19.6 Å². The van der Waals surface area contributed by atoms with Gasteiger partial charge in [-0.25, -0.2) is 0 Å². The predicted octanol–water partition coefficient (Wildman–Crippen LogP) is 2.43. The van der Waals surface area contributed by atoms with Crippen molar-refractivity contribution in [2.24, 2.45) is 0 Å². The van der Waals surface area contributed by atoms with Crippen LogP contribution >= 0.6 is 0 Å². The van der Waals surface area contributed by atoms with Crippen LogP contribution in [0.2, 0.25) is 19.6 Å². The molecule has 10 heavy (non-hydrogen) atoms. The zero-order valence-electron chi connectivity index (χ0n) is 7.69. The van der Waals surface area contributed by atoms with Crippen LogP contribution < -0.4 is 0 Å². The summed E-state index contributed by atoms with van der Waals surface area (Å²) in [6.07, 6.45) is 1.27. The van der Waals surface area contributed by atoms with Crippen LogP contribution in [0.1, 0.15) is 20.3 Å².